The lowest BCUT2D eigenvalue weighted by Gasteiger charge is -2.15. The van der Waals surface area contributed by atoms with Crippen molar-refractivity contribution in [3.05, 3.63) is 29.8 Å². The minimum atomic E-state index is 0.445. The molecule has 1 aliphatic rings. The van der Waals surface area contributed by atoms with Crippen LogP contribution in [0.3, 0.4) is 0 Å². The van der Waals surface area contributed by atoms with Crippen molar-refractivity contribution in [2.24, 2.45) is 11.8 Å². The van der Waals surface area contributed by atoms with Crippen molar-refractivity contribution in [2.45, 2.75) is 43.5 Å². The molecule has 0 radical (unpaired) electrons. The molecule has 0 bridgehead atoms. The molecule has 0 heterocycles. The Morgan fingerprint density at radius 3 is 2.94 bits per heavy atom. The summed E-state index contributed by atoms with van der Waals surface area (Å²) >= 11 is 1.90. The van der Waals surface area contributed by atoms with Gasteiger partial charge in [0.1, 0.15) is 0 Å². The fourth-order valence-electron chi connectivity index (χ4n) is 1.96. The summed E-state index contributed by atoms with van der Waals surface area (Å²) < 4.78 is 0. The first-order valence-corrected chi connectivity index (χ1v) is 7.42. The van der Waals surface area contributed by atoms with Gasteiger partial charge in [0.15, 0.2) is 0 Å². The number of nitrogens with two attached hydrogens (primary N) is 1. The quantitative estimate of drug-likeness (QED) is 0.443. The third kappa shape index (κ3) is 4.70. The van der Waals surface area contributed by atoms with E-state index in [0.717, 1.165) is 11.7 Å². The highest BCUT2D eigenvalue weighted by Crippen LogP contribution is 2.34. The lowest BCUT2D eigenvalue weighted by atomic mass is 10.1. The van der Waals surface area contributed by atoms with Gasteiger partial charge in [-0.05, 0) is 37.8 Å². The largest absolute Gasteiger partial charge is 0.271 e. The lowest BCUT2D eigenvalue weighted by Crippen LogP contribution is -2.37. The van der Waals surface area contributed by atoms with Gasteiger partial charge in [-0.3, -0.25) is 11.3 Å². The van der Waals surface area contributed by atoms with E-state index in [9.17, 15) is 0 Å². The first-order valence-electron chi connectivity index (χ1n) is 6.43. The summed E-state index contributed by atoms with van der Waals surface area (Å²) in [6.07, 6.45) is 5.41. The van der Waals surface area contributed by atoms with E-state index >= 15 is 0 Å². The molecule has 3 heteroatoms. The van der Waals surface area contributed by atoms with Gasteiger partial charge in [0.25, 0.3) is 0 Å². The number of hydrogen-bond acceptors (Lipinski definition) is 3. The predicted octanol–water partition coefficient (Wildman–Crippen LogP) is 3.11. The Morgan fingerprint density at radius 2 is 2.29 bits per heavy atom. The van der Waals surface area contributed by atoms with Crippen molar-refractivity contribution >= 4 is 11.8 Å². The number of thioether (sulfide) groups is 1. The number of hydrazine groups is 1. The molecule has 1 unspecified atom stereocenters. The summed E-state index contributed by atoms with van der Waals surface area (Å²) in [7, 11) is 0. The molecule has 2 rings (SSSR count). The molecule has 0 aromatic heterocycles. The van der Waals surface area contributed by atoms with Crippen molar-refractivity contribution in [2.75, 3.05) is 5.75 Å². The van der Waals surface area contributed by atoms with Gasteiger partial charge in [-0.25, -0.2) is 0 Å². The Balaban J connectivity index is 1.74. The summed E-state index contributed by atoms with van der Waals surface area (Å²) in [5.41, 5.74) is 4.27. The Labute approximate surface area is 108 Å². The first-order chi connectivity index (χ1) is 8.28. The number of benzene rings is 1. The fourth-order valence-corrected chi connectivity index (χ4v) is 3.06. The van der Waals surface area contributed by atoms with Gasteiger partial charge in [-0.15, -0.1) is 11.8 Å². The number of rotatable bonds is 7. The van der Waals surface area contributed by atoms with E-state index in [2.05, 4.69) is 36.6 Å². The minimum absolute atomic E-state index is 0.445. The third-order valence-corrected chi connectivity index (χ3v) is 4.45. The van der Waals surface area contributed by atoms with Crippen LogP contribution in [0.25, 0.3) is 0 Å². The molecule has 1 aromatic rings. The van der Waals surface area contributed by atoms with Crippen LogP contribution < -0.4 is 11.3 Å². The molecule has 2 nitrogen and oxygen atoms in total. The summed E-state index contributed by atoms with van der Waals surface area (Å²) in [4.78, 5) is 1.34. The monoisotopic (exact) mass is 250 g/mol. The molecule has 3 N–H and O–H groups in total. The molecule has 0 saturated heterocycles. The number of nitrogens with one attached hydrogen (secondary N) is 1. The zero-order chi connectivity index (χ0) is 12.1. The molecular formula is C14H22N2S. The maximum absolute atomic E-state index is 5.61. The third-order valence-electron chi connectivity index (χ3n) is 3.30. The second-order valence-electron chi connectivity index (χ2n) is 5.01. The molecule has 0 amide bonds. The van der Waals surface area contributed by atoms with E-state index in [1.165, 1.54) is 36.1 Å². The van der Waals surface area contributed by atoms with Crippen LogP contribution in [0.1, 0.15) is 31.2 Å². The normalized spacial score (nSPS) is 17.1. The van der Waals surface area contributed by atoms with E-state index in [0.29, 0.717) is 6.04 Å². The Kier molecular flexibility index (Phi) is 4.89. The van der Waals surface area contributed by atoms with Crippen LogP contribution in [0.2, 0.25) is 0 Å². The van der Waals surface area contributed by atoms with Gasteiger partial charge in [-0.2, -0.15) is 0 Å². The molecule has 0 aliphatic heterocycles. The van der Waals surface area contributed by atoms with Gasteiger partial charge < -0.3 is 0 Å². The topological polar surface area (TPSA) is 38.0 Å². The van der Waals surface area contributed by atoms with Crippen molar-refractivity contribution in [3.8, 4) is 0 Å². The van der Waals surface area contributed by atoms with Gasteiger partial charge in [0, 0.05) is 16.7 Å². The average Bonchev–Trinajstić information content (AvgIpc) is 3.13. The minimum Gasteiger partial charge on any atom is -0.271 e. The van der Waals surface area contributed by atoms with E-state index in [1.54, 1.807) is 0 Å². The zero-order valence-corrected chi connectivity index (χ0v) is 11.3. The molecule has 1 atom stereocenters. The molecular weight excluding hydrogens is 228 g/mol. The summed E-state index contributed by atoms with van der Waals surface area (Å²) in [6.45, 7) is 2.13. The highest BCUT2D eigenvalue weighted by atomic mass is 32.2. The predicted molar refractivity (Wildman–Crippen MR) is 75.0 cm³/mol. The van der Waals surface area contributed by atoms with E-state index in [4.69, 9.17) is 5.84 Å². The highest BCUT2D eigenvalue weighted by molar-refractivity contribution is 7.99. The molecule has 17 heavy (non-hydrogen) atoms. The van der Waals surface area contributed by atoms with E-state index in [-0.39, 0.29) is 0 Å². The molecule has 94 valence electrons. The Morgan fingerprint density at radius 1 is 1.47 bits per heavy atom. The van der Waals surface area contributed by atoms with E-state index < -0.39 is 0 Å². The van der Waals surface area contributed by atoms with Gasteiger partial charge in [0.05, 0.1) is 0 Å². The summed E-state index contributed by atoms with van der Waals surface area (Å²) in [5.74, 6) is 7.67. The SMILES string of the molecule is Cc1cccc(SCC(CCC2CC2)NN)c1. The van der Waals surface area contributed by atoms with Crippen LogP contribution in [0, 0.1) is 12.8 Å². The standard InChI is InChI=1S/C14H22N2S/c1-11-3-2-4-14(9-11)17-10-13(16-15)8-7-12-5-6-12/h2-4,9,12-13,16H,5-8,10,15H2,1H3. The first kappa shape index (κ1) is 12.9. The number of hydrogen-bond donors (Lipinski definition) is 2. The lowest BCUT2D eigenvalue weighted by molar-refractivity contribution is 0.501. The highest BCUT2D eigenvalue weighted by Gasteiger charge is 2.22. The van der Waals surface area contributed by atoms with Crippen molar-refractivity contribution in [1.29, 1.82) is 0 Å². The Bertz CT molecular complexity index is 350. The summed E-state index contributed by atoms with van der Waals surface area (Å²) in [6, 6.07) is 9.11. The van der Waals surface area contributed by atoms with Crippen LogP contribution >= 0.6 is 11.8 Å². The second kappa shape index (κ2) is 6.43. The van der Waals surface area contributed by atoms with Crippen LogP contribution in [-0.2, 0) is 0 Å². The van der Waals surface area contributed by atoms with Crippen LogP contribution in [-0.4, -0.2) is 11.8 Å². The molecule has 1 fully saturated rings. The van der Waals surface area contributed by atoms with Crippen molar-refractivity contribution in [3.63, 3.8) is 0 Å². The smallest absolute Gasteiger partial charge is 0.0304 e. The van der Waals surface area contributed by atoms with Crippen LogP contribution in [0.4, 0.5) is 0 Å². The van der Waals surface area contributed by atoms with Crippen LogP contribution in [0.5, 0.6) is 0 Å². The van der Waals surface area contributed by atoms with Gasteiger partial charge >= 0.3 is 0 Å². The second-order valence-corrected chi connectivity index (χ2v) is 6.11. The number of aryl methyl sites for hydroxylation is 1. The van der Waals surface area contributed by atoms with Gasteiger partial charge in [0.2, 0.25) is 0 Å². The van der Waals surface area contributed by atoms with Crippen LogP contribution in [0.15, 0.2) is 29.2 Å². The molecule has 1 aromatic carbocycles. The summed E-state index contributed by atoms with van der Waals surface area (Å²) in [5, 5.41) is 0. The molecule has 1 saturated carbocycles. The zero-order valence-electron chi connectivity index (χ0n) is 10.5. The fraction of sp³-hybridized carbons (Fsp3) is 0.571. The molecule has 0 spiro atoms. The van der Waals surface area contributed by atoms with Gasteiger partial charge in [-0.1, -0.05) is 30.5 Å². The maximum atomic E-state index is 5.61. The average molecular weight is 250 g/mol. The maximum Gasteiger partial charge on any atom is 0.0304 e. The van der Waals surface area contributed by atoms with Crippen molar-refractivity contribution < 1.29 is 0 Å². The van der Waals surface area contributed by atoms with Crippen molar-refractivity contribution in [1.82, 2.24) is 5.43 Å². The molecule has 1 aliphatic carbocycles. The Hall–Kier alpha value is -0.510. The van der Waals surface area contributed by atoms with E-state index in [1.807, 2.05) is 11.8 Å².